The molecule has 0 spiro atoms. The van der Waals surface area contributed by atoms with Crippen LogP contribution < -0.4 is 28.5 Å². The van der Waals surface area contributed by atoms with E-state index >= 15 is 0 Å². The highest BCUT2D eigenvalue weighted by molar-refractivity contribution is 5.90. The third kappa shape index (κ3) is 16.8. The van der Waals surface area contributed by atoms with Gasteiger partial charge in [0.2, 0.25) is 11.6 Å². The van der Waals surface area contributed by atoms with E-state index in [0.29, 0.717) is 6.61 Å². The van der Waals surface area contributed by atoms with Crippen LogP contribution in [0.3, 0.4) is 0 Å². The summed E-state index contributed by atoms with van der Waals surface area (Å²) in [6.07, 6.45) is 21.9. The zero-order valence-electron chi connectivity index (χ0n) is 26.1. The summed E-state index contributed by atoms with van der Waals surface area (Å²) >= 11 is 0. The van der Waals surface area contributed by atoms with E-state index in [1.807, 2.05) is 35.9 Å². The maximum Gasteiger partial charge on any atom is 0.417 e. The first-order valence-corrected chi connectivity index (χ1v) is 16.2. The second-order valence-electron chi connectivity index (χ2n) is 11.3. The molecule has 8 heteroatoms. The molecule has 1 saturated heterocycles. The predicted molar refractivity (Wildman–Crippen MR) is 159 cm³/mol. The van der Waals surface area contributed by atoms with E-state index in [-0.39, 0.29) is 55.2 Å². The first kappa shape index (κ1) is 37.8. The average molecular weight is 689 g/mol. The van der Waals surface area contributed by atoms with Crippen LogP contribution in [0.1, 0.15) is 129 Å². The van der Waals surface area contributed by atoms with Crippen LogP contribution in [0.5, 0.6) is 0 Å². The molecule has 0 aromatic carbocycles. The van der Waals surface area contributed by atoms with Gasteiger partial charge in [-0.05, 0) is 26.2 Å². The molecule has 41 heavy (non-hydrogen) atoms. The highest BCUT2D eigenvalue weighted by Crippen LogP contribution is 2.21. The molecule has 1 aliphatic rings. The molecule has 2 amide bonds. The van der Waals surface area contributed by atoms with Crippen molar-refractivity contribution in [3.05, 3.63) is 30.1 Å². The standard InChI is InChI=1S/C33H57N2O5.HI/c1-4-6-7-8-9-10-11-12-13-14-15-16-17-20-25-38-27-31-22-23-32(40-31)28-39-33(37)35(29(3)36)26-30-21-18-19-24-34(30)5-2;/h18-19,21,24,31-32H,4-17,20,22-23,25-28H2,1-3H3;1H/q+1;/p-1. The summed E-state index contributed by atoms with van der Waals surface area (Å²) in [6.45, 7) is 8.16. The Morgan fingerprint density at radius 3 is 1.98 bits per heavy atom. The summed E-state index contributed by atoms with van der Waals surface area (Å²) < 4.78 is 19.4. The monoisotopic (exact) mass is 688 g/mol. The molecule has 7 nitrogen and oxygen atoms in total. The second kappa shape index (κ2) is 24.2. The van der Waals surface area contributed by atoms with Crippen LogP contribution in [0, 0.1) is 0 Å². The first-order valence-electron chi connectivity index (χ1n) is 16.2. The number of nitrogens with zero attached hydrogens (tertiary/aromatic N) is 2. The van der Waals surface area contributed by atoms with Crippen LogP contribution in [0.2, 0.25) is 0 Å². The van der Waals surface area contributed by atoms with Crippen molar-refractivity contribution < 1.29 is 52.3 Å². The zero-order valence-corrected chi connectivity index (χ0v) is 28.3. The number of halogens is 1. The number of hydrogen-bond acceptors (Lipinski definition) is 5. The van der Waals surface area contributed by atoms with Gasteiger partial charge in [0.1, 0.15) is 19.7 Å². The van der Waals surface area contributed by atoms with E-state index in [4.69, 9.17) is 14.2 Å². The lowest BCUT2D eigenvalue weighted by atomic mass is 10.0. The van der Waals surface area contributed by atoms with E-state index in [1.54, 1.807) is 0 Å². The minimum atomic E-state index is -0.625. The highest BCUT2D eigenvalue weighted by Gasteiger charge is 2.29. The van der Waals surface area contributed by atoms with Crippen LogP contribution in [0.4, 0.5) is 4.79 Å². The van der Waals surface area contributed by atoms with E-state index in [1.165, 1.54) is 90.4 Å². The van der Waals surface area contributed by atoms with Crippen LogP contribution in [-0.4, -0.2) is 48.9 Å². The molecule has 0 N–H and O–H groups in total. The molecular weight excluding hydrogens is 631 g/mol. The molecule has 1 aromatic rings. The number of unbranched alkanes of at least 4 members (excludes halogenated alkanes) is 13. The van der Waals surface area contributed by atoms with Gasteiger partial charge in [0, 0.05) is 25.7 Å². The number of aryl methyl sites for hydroxylation is 1. The molecule has 1 aliphatic heterocycles. The predicted octanol–water partition coefficient (Wildman–Crippen LogP) is 4.53. The lowest BCUT2D eigenvalue weighted by Crippen LogP contribution is -3.00. The van der Waals surface area contributed by atoms with Crippen molar-refractivity contribution >= 4 is 12.0 Å². The summed E-state index contributed by atoms with van der Waals surface area (Å²) in [6, 6.07) is 5.75. The van der Waals surface area contributed by atoms with Crippen molar-refractivity contribution in [2.45, 2.75) is 149 Å². The number of hydrogen-bond donors (Lipinski definition) is 0. The van der Waals surface area contributed by atoms with E-state index < -0.39 is 6.09 Å². The van der Waals surface area contributed by atoms with Gasteiger partial charge in [-0.15, -0.1) is 0 Å². The van der Waals surface area contributed by atoms with Crippen LogP contribution in [-0.2, 0) is 32.1 Å². The fourth-order valence-electron chi connectivity index (χ4n) is 5.31. The van der Waals surface area contributed by atoms with Crippen LogP contribution >= 0.6 is 0 Å². The molecule has 2 unspecified atom stereocenters. The van der Waals surface area contributed by atoms with Gasteiger partial charge in [-0.2, -0.15) is 0 Å². The summed E-state index contributed by atoms with van der Waals surface area (Å²) in [5.41, 5.74) is 0.880. The molecule has 0 aliphatic carbocycles. The Bertz CT molecular complexity index is 825. The molecular formula is C33H57IN2O5. The van der Waals surface area contributed by atoms with Gasteiger partial charge in [-0.3, -0.25) is 4.79 Å². The molecule has 1 aromatic heterocycles. The van der Waals surface area contributed by atoms with Crippen molar-refractivity contribution in [3.63, 3.8) is 0 Å². The van der Waals surface area contributed by atoms with E-state index in [2.05, 4.69) is 6.92 Å². The number of carbonyl (C=O) groups excluding carboxylic acids is 2. The minimum Gasteiger partial charge on any atom is -1.00 e. The summed E-state index contributed by atoms with van der Waals surface area (Å²) in [4.78, 5) is 25.9. The number of imide groups is 1. The average Bonchev–Trinajstić information content (AvgIpc) is 3.42. The lowest BCUT2D eigenvalue weighted by molar-refractivity contribution is -0.701. The zero-order chi connectivity index (χ0) is 28.8. The van der Waals surface area contributed by atoms with Crippen molar-refractivity contribution in [2.24, 2.45) is 0 Å². The smallest absolute Gasteiger partial charge is 0.417 e. The Hall–Kier alpha value is -1.26. The van der Waals surface area contributed by atoms with Gasteiger partial charge >= 0.3 is 6.09 Å². The molecule has 0 bridgehead atoms. The largest absolute Gasteiger partial charge is 1.00 e. The van der Waals surface area contributed by atoms with Gasteiger partial charge in [-0.1, -0.05) is 96.5 Å². The van der Waals surface area contributed by atoms with Gasteiger partial charge in [-0.25, -0.2) is 14.3 Å². The van der Waals surface area contributed by atoms with Crippen LogP contribution in [0.15, 0.2) is 24.4 Å². The third-order valence-corrected chi connectivity index (χ3v) is 7.83. The SMILES string of the molecule is CCCCCCCCCCCCCCCCOCC1CCC(COC(=O)N(Cc2cccc[n+]2CC)C(C)=O)O1.[I-]. The van der Waals surface area contributed by atoms with Crippen molar-refractivity contribution in [1.29, 1.82) is 0 Å². The third-order valence-electron chi connectivity index (χ3n) is 7.83. The molecule has 236 valence electrons. The number of aromatic nitrogens is 1. The summed E-state index contributed by atoms with van der Waals surface area (Å²) in [5.74, 6) is -0.335. The number of carbonyl (C=O) groups is 2. The molecule has 1 fully saturated rings. The van der Waals surface area contributed by atoms with Crippen molar-refractivity contribution in [3.8, 4) is 0 Å². The fourth-order valence-corrected chi connectivity index (χ4v) is 5.31. The maximum atomic E-state index is 12.7. The van der Waals surface area contributed by atoms with E-state index in [9.17, 15) is 9.59 Å². The Labute approximate surface area is 267 Å². The topological polar surface area (TPSA) is 69.0 Å². The second-order valence-corrected chi connectivity index (χ2v) is 11.3. The molecule has 0 saturated carbocycles. The molecule has 2 heterocycles. The summed E-state index contributed by atoms with van der Waals surface area (Å²) in [5, 5.41) is 0. The number of ether oxygens (including phenoxy) is 3. The first-order chi connectivity index (χ1) is 19.5. The molecule has 0 radical (unpaired) electrons. The van der Waals surface area contributed by atoms with E-state index in [0.717, 1.165) is 43.0 Å². The Morgan fingerprint density at radius 1 is 0.854 bits per heavy atom. The van der Waals surface area contributed by atoms with Crippen molar-refractivity contribution in [2.75, 3.05) is 19.8 Å². The Kier molecular flexibility index (Phi) is 22.3. The quantitative estimate of drug-likeness (QED) is 0.102. The van der Waals surface area contributed by atoms with Gasteiger partial charge in [0.05, 0.1) is 18.8 Å². The highest BCUT2D eigenvalue weighted by atomic mass is 127. The Morgan fingerprint density at radius 2 is 1.41 bits per heavy atom. The van der Waals surface area contributed by atoms with Crippen LogP contribution in [0.25, 0.3) is 0 Å². The number of pyridine rings is 1. The molecule has 2 atom stereocenters. The summed E-state index contributed by atoms with van der Waals surface area (Å²) in [7, 11) is 0. The van der Waals surface area contributed by atoms with Crippen molar-refractivity contribution in [1.82, 2.24) is 4.90 Å². The fraction of sp³-hybridized carbons (Fsp3) is 0.788. The maximum absolute atomic E-state index is 12.7. The lowest BCUT2D eigenvalue weighted by Gasteiger charge is -2.19. The van der Waals surface area contributed by atoms with Gasteiger partial charge in [0.25, 0.3) is 0 Å². The van der Waals surface area contributed by atoms with Gasteiger partial charge < -0.3 is 38.2 Å². The molecule has 2 rings (SSSR count). The minimum absolute atomic E-state index is 0. The number of amides is 2. The van der Waals surface area contributed by atoms with Gasteiger partial charge in [0.15, 0.2) is 6.20 Å². The Balaban J connectivity index is 0.00000840. The normalized spacial score (nSPS) is 16.4. The number of rotatable bonds is 22.